The molecular formula is C27H33F4N3O2. The Morgan fingerprint density at radius 2 is 1.81 bits per heavy atom. The van der Waals surface area contributed by atoms with Crippen molar-refractivity contribution in [2.24, 2.45) is 0 Å². The van der Waals surface area contributed by atoms with Crippen LogP contribution in [0.4, 0.5) is 17.6 Å². The van der Waals surface area contributed by atoms with Crippen molar-refractivity contribution in [2.45, 2.75) is 64.1 Å². The van der Waals surface area contributed by atoms with Gasteiger partial charge in [-0.25, -0.2) is 4.39 Å². The van der Waals surface area contributed by atoms with Crippen molar-refractivity contribution in [2.75, 3.05) is 26.7 Å². The number of benzene rings is 2. The van der Waals surface area contributed by atoms with Gasteiger partial charge in [0.15, 0.2) is 0 Å². The number of alkyl halides is 4. The highest BCUT2D eigenvalue weighted by molar-refractivity contribution is 6.08. The average Bonchev–Trinajstić information content (AvgIpc) is 3.12. The van der Waals surface area contributed by atoms with E-state index in [0.29, 0.717) is 34.0 Å². The number of amides is 1. The minimum atomic E-state index is -4.58. The molecule has 0 aliphatic carbocycles. The molecule has 0 bridgehead atoms. The molecule has 1 aliphatic heterocycles. The van der Waals surface area contributed by atoms with Crippen LogP contribution in [0.25, 0.3) is 21.9 Å². The molecule has 1 fully saturated rings. The van der Waals surface area contributed by atoms with Crippen molar-refractivity contribution in [1.29, 1.82) is 0 Å². The van der Waals surface area contributed by atoms with Crippen LogP contribution >= 0.6 is 0 Å². The molecule has 4 rings (SSSR count). The van der Waals surface area contributed by atoms with E-state index in [4.69, 9.17) is 4.42 Å². The van der Waals surface area contributed by atoms with Crippen LogP contribution in [-0.2, 0) is 0 Å². The predicted molar refractivity (Wildman–Crippen MR) is 133 cm³/mol. The fourth-order valence-electron chi connectivity index (χ4n) is 5.16. The summed E-state index contributed by atoms with van der Waals surface area (Å²) in [6.45, 7) is 8.47. The number of piperazine rings is 1. The zero-order chi connectivity index (χ0) is 26.4. The second kappa shape index (κ2) is 9.67. The Labute approximate surface area is 208 Å². The van der Waals surface area contributed by atoms with Crippen molar-refractivity contribution in [3.05, 3.63) is 47.5 Å². The van der Waals surface area contributed by atoms with E-state index in [1.54, 1.807) is 31.2 Å². The van der Waals surface area contributed by atoms with E-state index in [2.05, 4.69) is 10.2 Å². The lowest BCUT2D eigenvalue weighted by molar-refractivity contribution is -0.160. The van der Waals surface area contributed by atoms with Crippen LogP contribution in [0.1, 0.15) is 56.1 Å². The number of fused-ring (bicyclic) bond motifs is 3. The Morgan fingerprint density at radius 3 is 2.44 bits per heavy atom. The quantitative estimate of drug-likeness (QED) is 0.411. The van der Waals surface area contributed by atoms with Gasteiger partial charge in [0, 0.05) is 48.1 Å². The third kappa shape index (κ3) is 5.67. The number of carbonyl (C=O) groups excluding carboxylic acids is 1. The normalized spacial score (nSPS) is 19.7. The number of carbonyl (C=O) groups is 1. The highest BCUT2D eigenvalue weighted by Crippen LogP contribution is 2.37. The molecule has 0 radical (unpaired) electrons. The summed E-state index contributed by atoms with van der Waals surface area (Å²) < 4.78 is 61.7. The summed E-state index contributed by atoms with van der Waals surface area (Å²) in [5, 5.41) is 3.84. The van der Waals surface area contributed by atoms with E-state index in [-0.39, 0.29) is 23.9 Å². The number of hydrogen-bond acceptors (Lipinski definition) is 4. The summed E-state index contributed by atoms with van der Waals surface area (Å²) in [5.74, 6) is -0.0745. The van der Waals surface area contributed by atoms with Crippen LogP contribution in [0.5, 0.6) is 0 Å². The van der Waals surface area contributed by atoms with Gasteiger partial charge in [-0.2, -0.15) is 13.2 Å². The van der Waals surface area contributed by atoms with Gasteiger partial charge in [-0.1, -0.05) is 12.1 Å². The first-order chi connectivity index (χ1) is 16.7. The summed E-state index contributed by atoms with van der Waals surface area (Å²) in [6.07, 6.45) is -4.64. The smallest absolute Gasteiger partial charge is 0.407 e. The molecule has 2 aromatic carbocycles. The Bertz CT molecular complexity index is 1250. The van der Waals surface area contributed by atoms with Gasteiger partial charge in [0.05, 0.1) is 0 Å². The van der Waals surface area contributed by atoms with Gasteiger partial charge in [-0.05, 0) is 71.0 Å². The van der Waals surface area contributed by atoms with Crippen LogP contribution in [0.3, 0.4) is 0 Å². The van der Waals surface area contributed by atoms with E-state index in [9.17, 15) is 22.4 Å². The topological polar surface area (TPSA) is 48.7 Å². The van der Waals surface area contributed by atoms with Gasteiger partial charge in [0.1, 0.15) is 22.9 Å². The maximum Gasteiger partial charge on any atom is 0.407 e. The van der Waals surface area contributed by atoms with Gasteiger partial charge in [0.2, 0.25) is 0 Å². The number of likely N-dealkylation sites (N-methyl/N-ethyl adjacent to an activating group) is 1. The molecule has 1 N–H and O–H groups in total. The van der Waals surface area contributed by atoms with Crippen molar-refractivity contribution in [1.82, 2.24) is 15.1 Å². The first-order valence-corrected chi connectivity index (χ1v) is 12.2. The van der Waals surface area contributed by atoms with Gasteiger partial charge < -0.3 is 14.2 Å². The minimum Gasteiger partial charge on any atom is -0.456 e. The SMILES string of the molecule is CC(CC(C)(C)F)NC(c1ccc2c(c1)oc1ccc(C(=O)N3CCN(C)CC3C)cc12)C(F)(F)F. The highest BCUT2D eigenvalue weighted by Gasteiger charge is 2.42. The third-order valence-electron chi connectivity index (χ3n) is 6.74. The molecule has 0 spiro atoms. The molecule has 196 valence electrons. The lowest BCUT2D eigenvalue weighted by Crippen LogP contribution is -2.52. The number of nitrogens with one attached hydrogen (secondary N) is 1. The van der Waals surface area contributed by atoms with Crippen molar-refractivity contribution in [3.63, 3.8) is 0 Å². The Hall–Kier alpha value is -2.65. The summed E-state index contributed by atoms with van der Waals surface area (Å²) in [5.41, 5.74) is -0.297. The van der Waals surface area contributed by atoms with E-state index in [1.807, 2.05) is 18.9 Å². The van der Waals surface area contributed by atoms with E-state index >= 15 is 0 Å². The Morgan fingerprint density at radius 1 is 1.08 bits per heavy atom. The Balaban J connectivity index is 1.65. The number of halogens is 4. The molecule has 5 nitrogen and oxygen atoms in total. The second-order valence-electron chi connectivity index (χ2n) is 10.6. The molecule has 3 aromatic rings. The lowest BCUT2D eigenvalue weighted by Gasteiger charge is -2.38. The summed E-state index contributed by atoms with van der Waals surface area (Å²) in [4.78, 5) is 17.2. The molecule has 1 aliphatic rings. The van der Waals surface area contributed by atoms with E-state index in [0.717, 1.165) is 13.1 Å². The fourth-order valence-corrected chi connectivity index (χ4v) is 5.16. The van der Waals surface area contributed by atoms with Crippen LogP contribution in [-0.4, -0.2) is 66.3 Å². The van der Waals surface area contributed by atoms with Crippen LogP contribution in [0.2, 0.25) is 0 Å². The van der Waals surface area contributed by atoms with Crippen molar-refractivity contribution >= 4 is 27.8 Å². The minimum absolute atomic E-state index is 0.0138. The third-order valence-corrected chi connectivity index (χ3v) is 6.74. The molecule has 36 heavy (non-hydrogen) atoms. The molecule has 3 atom stereocenters. The first kappa shape index (κ1) is 26.4. The lowest BCUT2D eigenvalue weighted by atomic mass is 9.98. The molecule has 1 amide bonds. The van der Waals surface area contributed by atoms with Gasteiger partial charge >= 0.3 is 6.18 Å². The number of hydrogen-bond donors (Lipinski definition) is 1. The van der Waals surface area contributed by atoms with Crippen LogP contribution in [0, 0.1) is 0 Å². The summed E-state index contributed by atoms with van der Waals surface area (Å²) in [6, 6.07) is 6.91. The largest absolute Gasteiger partial charge is 0.456 e. The standard InChI is InChI=1S/C27H33F4N3O2/c1-16(14-26(3,4)28)32-24(27(29,30)31)18-6-8-20-21-12-19(7-9-22(21)36-23(20)13-18)25(35)34-11-10-33(5)15-17(34)2/h6-9,12-13,16-17,24,32H,10-11,14-15H2,1-5H3. The molecule has 9 heteroatoms. The predicted octanol–water partition coefficient (Wildman–Crippen LogP) is 6.08. The van der Waals surface area contributed by atoms with E-state index in [1.165, 1.54) is 26.0 Å². The second-order valence-corrected chi connectivity index (χ2v) is 10.6. The number of furan rings is 1. The van der Waals surface area contributed by atoms with Crippen molar-refractivity contribution < 1.29 is 26.8 Å². The number of nitrogens with zero attached hydrogens (tertiary/aromatic N) is 2. The maximum absolute atomic E-state index is 14.0. The fraction of sp³-hybridized carbons (Fsp3) is 0.519. The molecule has 0 saturated carbocycles. The van der Waals surface area contributed by atoms with Gasteiger partial charge in [-0.3, -0.25) is 10.1 Å². The van der Waals surface area contributed by atoms with Crippen molar-refractivity contribution in [3.8, 4) is 0 Å². The molecule has 2 heterocycles. The highest BCUT2D eigenvalue weighted by atomic mass is 19.4. The van der Waals surface area contributed by atoms with Crippen LogP contribution < -0.4 is 5.32 Å². The van der Waals surface area contributed by atoms with Gasteiger partial charge in [-0.15, -0.1) is 0 Å². The average molecular weight is 508 g/mol. The molecule has 3 unspecified atom stereocenters. The maximum atomic E-state index is 14.0. The molecular weight excluding hydrogens is 474 g/mol. The number of rotatable bonds is 6. The first-order valence-electron chi connectivity index (χ1n) is 12.2. The molecule has 1 saturated heterocycles. The van der Waals surface area contributed by atoms with E-state index < -0.39 is 23.9 Å². The zero-order valence-electron chi connectivity index (χ0n) is 21.2. The Kier molecular flexibility index (Phi) is 7.09. The van der Waals surface area contributed by atoms with Crippen LogP contribution in [0.15, 0.2) is 40.8 Å². The molecule has 1 aromatic heterocycles. The monoisotopic (exact) mass is 507 g/mol. The zero-order valence-corrected chi connectivity index (χ0v) is 21.2. The summed E-state index contributed by atoms with van der Waals surface area (Å²) in [7, 11) is 2.03. The van der Waals surface area contributed by atoms with Gasteiger partial charge in [0.25, 0.3) is 5.91 Å². The summed E-state index contributed by atoms with van der Waals surface area (Å²) >= 11 is 0.